The van der Waals surface area contributed by atoms with Gasteiger partial charge < -0.3 is 10.1 Å². The van der Waals surface area contributed by atoms with E-state index in [4.69, 9.17) is 4.74 Å². The Hall–Kier alpha value is -3.47. The number of nitro groups is 1. The van der Waals surface area contributed by atoms with E-state index in [1.54, 1.807) is 24.3 Å². The smallest absolute Gasteiger partial charge is 0.344 e. The number of nitrogens with one attached hydrogen (secondary N) is 1. The van der Waals surface area contributed by atoms with Gasteiger partial charge in [-0.05, 0) is 24.3 Å². The Morgan fingerprint density at radius 1 is 1.30 bits per heavy atom. The predicted molar refractivity (Wildman–Crippen MR) is 104 cm³/mol. The van der Waals surface area contributed by atoms with Crippen molar-refractivity contribution in [2.24, 2.45) is 0 Å². The summed E-state index contributed by atoms with van der Waals surface area (Å²) in [4.78, 5) is 48.2. The number of para-hydroxylation sites is 1. The van der Waals surface area contributed by atoms with Crippen LogP contribution in [0, 0.1) is 15.9 Å². The van der Waals surface area contributed by atoms with Crippen molar-refractivity contribution in [3.63, 3.8) is 0 Å². The molecule has 11 heteroatoms. The Kier molecular flexibility index (Phi) is 4.90. The molecule has 0 spiro atoms. The van der Waals surface area contributed by atoms with E-state index in [0.717, 1.165) is 23.1 Å². The standard InChI is InChI=1S/C19H14FN3O6S/c20-12-6-5-11(9-14(12)23(27)28)21-16(24)10-29-18(26)19-8-7-17(25)22(19)13-3-1-2-4-15(13)30-19/h1-6,9H,7-8,10H2,(H,21,24)/t19-/m1/s1. The van der Waals surface area contributed by atoms with Gasteiger partial charge in [0.1, 0.15) is 0 Å². The zero-order chi connectivity index (χ0) is 21.5. The highest BCUT2D eigenvalue weighted by molar-refractivity contribution is 8.02. The number of halogens is 1. The Bertz CT molecular complexity index is 1090. The Balaban J connectivity index is 1.44. The average molecular weight is 431 g/mol. The number of anilines is 2. The number of carbonyl (C=O) groups is 3. The lowest BCUT2D eigenvalue weighted by Crippen LogP contribution is -2.48. The van der Waals surface area contributed by atoms with E-state index in [1.807, 2.05) is 0 Å². The summed E-state index contributed by atoms with van der Waals surface area (Å²) in [5.74, 6) is -2.72. The molecule has 2 aliphatic rings. The van der Waals surface area contributed by atoms with E-state index in [2.05, 4.69) is 5.32 Å². The molecule has 30 heavy (non-hydrogen) atoms. The van der Waals surface area contributed by atoms with Gasteiger partial charge in [0.25, 0.3) is 5.91 Å². The monoisotopic (exact) mass is 431 g/mol. The minimum Gasteiger partial charge on any atom is -0.453 e. The molecule has 2 aromatic rings. The van der Waals surface area contributed by atoms with Crippen LogP contribution < -0.4 is 10.2 Å². The van der Waals surface area contributed by atoms with Crippen LogP contribution >= 0.6 is 11.8 Å². The van der Waals surface area contributed by atoms with Gasteiger partial charge in [-0.1, -0.05) is 23.9 Å². The van der Waals surface area contributed by atoms with Gasteiger partial charge in [0, 0.05) is 29.5 Å². The molecule has 4 rings (SSSR count). The molecule has 0 radical (unpaired) electrons. The zero-order valence-electron chi connectivity index (χ0n) is 15.3. The summed E-state index contributed by atoms with van der Waals surface area (Å²) in [6, 6.07) is 9.99. The second-order valence-corrected chi connectivity index (χ2v) is 7.95. The molecule has 2 amide bonds. The fourth-order valence-electron chi connectivity index (χ4n) is 3.44. The van der Waals surface area contributed by atoms with Crippen molar-refractivity contribution in [2.75, 3.05) is 16.8 Å². The number of ether oxygens (including phenoxy) is 1. The highest BCUT2D eigenvalue weighted by Gasteiger charge is 2.58. The number of hydrogen-bond acceptors (Lipinski definition) is 7. The number of fused-ring (bicyclic) bond motifs is 3. The fourth-order valence-corrected chi connectivity index (χ4v) is 4.86. The number of thioether (sulfide) groups is 1. The number of rotatable bonds is 5. The van der Waals surface area contributed by atoms with Gasteiger partial charge >= 0.3 is 11.7 Å². The van der Waals surface area contributed by atoms with Crippen LogP contribution in [0.5, 0.6) is 0 Å². The SMILES string of the molecule is O=C(COC(=O)[C@]12CCC(=O)N1c1ccccc1S2)Nc1ccc(F)c([N+](=O)[O-])c1. The molecule has 1 saturated heterocycles. The van der Waals surface area contributed by atoms with E-state index in [0.29, 0.717) is 5.69 Å². The van der Waals surface area contributed by atoms with Gasteiger partial charge in [-0.3, -0.25) is 24.6 Å². The summed E-state index contributed by atoms with van der Waals surface area (Å²) in [5.41, 5.74) is -0.170. The van der Waals surface area contributed by atoms with Crippen molar-refractivity contribution in [3.8, 4) is 0 Å². The normalized spacial score (nSPS) is 19.2. The van der Waals surface area contributed by atoms with Crippen LogP contribution in [-0.2, 0) is 19.1 Å². The summed E-state index contributed by atoms with van der Waals surface area (Å²) in [7, 11) is 0. The van der Waals surface area contributed by atoms with Gasteiger partial charge in [0.15, 0.2) is 11.5 Å². The molecular formula is C19H14FN3O6S. The van der Waals surface area contributed by atoms with Crippen LogP contribution in [0.1, 0.15) is 12.8 Å². The summed E-state index contributed by atoms with van der Waals surface area (Å²) in [5, 5.41) is 13.1. The molecule has 2 aliphatic heterocycles. The number of hydrogen-bond donors (Lipinski definition) is 1. The van der Waals surface area contributed by atoms with Crippen molar-refractivity contribution in [1.29, 1.82) is 0 Å². The van der Waals surface area contributed by atoms with Crippen LogP contribution in [-0.4, -0.2) is 34.2 Å². The van der Waals surface area contributed by atoms with Crippen molar-refractivity contribution in [1.82, 2.24) is 0 Å². The Morgan fingerprint density at radius 2 is 2.07 bits per heavy atom. The Morgan fingerprint density at radius 3 is 2.83 bits per heavy atom. The molecule has 154 valence electrons. The number of carbonyl (C=O) groups excluding carboxylic acids is 3. The van der Waals surface area contributed by atoms with Crippen molar-refractivity contribution in [2.45, 2.75) is 22.6 Å². The first-order chi connectivity index (χ1) is 14.3. The molecule has 0 aliphatic carbocycles. The topological polar surface area (TPSA) is 119 Å². The molecule has 0 unspecified atom stereocenters. The van der Waals surface area contributed by atoms with E-state index in [9.17, 15) is 28.9 Å². The predicted octanol–water partition coefficient (Wildman–Crippen LogP) is 2.84. The second-order valence-electron chi connectivity index (χ2n) is 6.63. The van der Waals surface area contributed by atoms with E-state index >= 15 is 0 Å². The Labute approximate surface area is 173 Å². The third-order valence-electron chi connectivity index (χ3n) is 4.75. The molecule has 1 atom stereocenters. The molecular weight excluding hydrogens is 417 g/mol. The molecule has 2 aromatic carbocycles. The number of nitro benzene ring substituents is 1. The lowest BCUT2D eigenvalue weighted by atomic mass is 10.2. The van der Waals surface area contributed by atoms with Crippen LogP contribution in [0.25, 0.3) is 0 Å². The average Bonchev–Trinajstić information content (AvgIpc) is 3.23. The van der Waals surface area contributed by atoms with Crippen LogP contribution in [0.2, 0.25) is 0 Å². The van der Waals surface area contributed by atoms with Gasteiger partial charge in [0.2, 0.25) is 11.7 Å². The minimum absolute atomic E-state index is 0.0115. The quantitative estimate of drug-likeness (QED) is 0.439. The maximum Gasteiger partial charge on any atom is 0.344 e. The maximum absolute atomic E-state index is 13.4. The number of esters is 1. The molecule has 9 nitrogen and oxygen atoms in total. The largest absolute Gasteiger partial charge is 0.453 e. The summed E-state index contributed by atoms with van der Waals surface area (Å²) >= 11 is 1.21. The highest BCUT2D eigenvalue weighted by Crippen LogP contribution is 2.56. The second kappa shape index (κ2) is 7.41. The number of benzene rings is 2. The van der Waals surface area contributed by atoms with Gasteiger partial charge in [-0.2, -0.15) is 4.39 Å². The summed E-state index contributed by atoms with van der Waals surface area (Å²) in [6.07, 6.45) is 0.428. The van der Waals surface area contributed by atoms with Crippen molar-refractivity contribution in [3.05, 3.63) is 58.4 Å². The van der Waals surface area contributed by atoms with E-state index < -0.39 is 39.8 Å². The maximum atomic E-state index is 13.4. The van der Waals surface area contributed by atoms with Crippen LogP contribution in [0.15, 0.2) is 47.4 Å². The van der Waals surface area contributed by atoms with Gasteiger partial charge in [0.05, 0.1) is 10.6 Å². The molecule has 2 heterocycles. The molecule has 0 saturated carbocycles. The zero-order valence-corrected chi connectivity index (χ0v) is 16.1. The molecule has 0 bridgehead atoms. The number of nitrogens with zero attached hydrogens (tertiary/aromatic N) is 2. The summed E-state index contributed by atoms with van der Waals surface area (Å²) < 4.78 is 18.6. The first-order valence-corrected chi connectivity index (χ1v) is 9.65. The lowest BCUT2D eigenvalue weighted by Gasteiger charge is -2.28. The van der Waals surface area contributed by atoms with Gasteiger partial charge in [-0.25, -0.2) is 4.79 Å². The first kappa shape index (κ1) is 19.8. The number of amides is 2. The first-order valence-electron chi connectivity index (χ1n) is 8.84. The van der Waals surface area contributed by atoms with Gasteiger partial charge in [-0.15, -0.1) is 0 Å². The van der Waals surface area contributed by atoms with E-state index in [-0.39, 0.29) is 24.4 Å². The molecule has 1 N–H and O–H groups in total. The fraction of sp³-hybridized carbons (Fsp3) is 0.211. The van der Waals surface area contributed by atoms with E-state index in [1.165, 1.54) is 16.7 Å². The molecule has 0 aromatic heterocycles. The summed E-state index contributed by atoms with van der Waals surface area (Å²) in [6.45, 7) is -0.662. The van der Waals surface area contributed by atoms with Crippen molar-refractivity contribution < 1.29 is 28.4 Å². The molecule has 1 fully saturated rings. The third kappa shape index (κ3) is 3.26. The lowest BCUT2D eigenvalue weighted by molar-refractivity contribution is -0.387. The van der Waals surface area contributed by atoms with Crippen molar-refractivity contribution >= 4 is 46.6 Å². The van der Waals surface area contributed by atoms with Crippen LogP contribution in [0.4, 0.5) is 21.5 Å². The minimum atomic E-state index is -1.25. The van der Waals surface area contributed by atoms with Crippen LogP contribution in [0.3, 0.4) is 0 Å². The third-order valence-corrected chi connectivity index (χ3v) is 6.21. The highest BCUT2D eigenvalue weighted by atomic mass is 32.2.